The second kappa shape index (κ2) is 10.2. The van der Waals surface area contributed by atoms with Crippen LogP contribution in [0.15, 0.2) is 158 Å². The van der Waals surface area contributed by atoms with Crippen LogP contribution in [-0.4, -0.2) is 9.55 Å². The average Bonchev–Trinajstić information content (AvgIpc) is 3.57. The van der Waals surface area contributed by atoms with Crippen molar-refractivity contribution in [1.82, 2.24) is 9.55 Å². The Kier molecular flexibility index (Phi) is 5.88. The molecule has 46 heavy (non-hydrogen) atoms. The average molecular weight is 589 g/mol. The first-order chi connectivity index (χ1) is 22.6. The van der Waals surface area contributed by atoms with Crippen LogP contribution in [-0.2, 0) is 5.41 Å². The van der Waals surface area contributed by atoms with Gasteiger partial charge in [0.2, 0.25) is 0 Å². The summed E-state index contributed by atoms with van der Waals surface area (Å²) in [5.74, 6) is 0. The summed E-state index contributed by atoms with van der Waals surface area (Å²) in [5, 5.41) is 2.56. The molecule has 2 aromatic heterocycles. The molecule has 0 saturated heterocycles. The molecular formula is C44H32N2. The highest BCUT2D eigenvalue weighted by Gasteiger charge is 2.36. The predicted molar refractivity (Wildman–Crippen MR) is 192 cm³/mol. The molecule has 9 rings (SSSR count). The molecule has 0 unspecified atom stereocenters. The van der Waals surface area contributed by atoms with Crippen molar-refractivity contribution >= 4 is 21.8 Å². The van der Waals surface area contributed by atoms with Crippen molar-refractivity contribution in [3.05, 3.63) is 169 Å². The zero-order valence-corrected chi connectivity index (χ0v) is 25.9. The summed E-state index contributed by atoms with van der Waals surface area (Å²) in [6.45, 7) is 4.73. The molecule has 6 aromatic carbocycles. The zero-order chi connectivity index (χ0) is 30.8. The van der Waals surface area contributed by atoms with E-state index in [1.54, 1.807) is 0 Å². The molecule has 0 aliphatic heterocycles. The van der Waals surface area contributed by atoms with Crippen LogP contribution in [0.4, 0.5) is 0 Å². The molecule has 0 N–H and O–H groups in total. The molecule has 218 valence electrons. The van der Waals surface area contributed by atoms with Crippen LogP contribution in [0.25, 0.3) is 72.1 Å². The molecule has 1 aliphatic rings. The van der Waals surface area contributed by atoms with Gasteiger partial charge >= 0.3 is 0 Å². The quantitative estimate of drug-likeness (QED) is 0.200. The van der Waals surface area contributed by atoms with Crippen LogP contribution < -0.4 is 0 Å². The van der Waals surface area contributed by atoms with Crippen molar-refractivity contribution in [3.8, 4) is 50.3 Å². The lowest BCUT2D eigenvalue weighted by Gasteiger charge is -2.23. The van der Waals surface area contributed by atoms with Crippen LogP contribution in [0.2, 0.25) is 0 Å². The summed E-state index contributed by atoms with van der Waals surface area (Å²) in [7, 11) is 0. The van der Waals surface area contributed by atoms with Gasteiger partial charge in [0, 0.05) is 33.6 Å². The Morgan fingerprint density at radius 2 is 1.00 bits per heavy atom. The predicted octanol–water partition coefficient (Wildman–Crippen LogP) is 11.5. The Labute approximate surface area is 269 Å². The van der Waals surface area contributed by atoms with E-state index < -0.39 is 0 Å². The fraction of sp³-hybridized carbons (Fsp3) is 0.0682. The van der Waals surface area contributed by atoms with Crippen LogP contribution >= 0.6 is 0 Å². The molecule has 2 heterocycles. The molecule has 0 amide bonds. The smallest absolute Gasteiger partial charge is 0.0701 e. The molecule has 0 atom stereocenters. The third-order valence-electron chi connectivity index (χ3n) is 9.87. The van der Waals surface area contributed by atoms with Gasteiger partial charge in [-0.1, -0.05) is 117 Å². The van der Waals surface area contributed by atoms with Crippen molar-refractivity contribution in [2.24, 2.45) is 0 Å². The number of rotatable bonds is 4. The Morgan fingerprint density at radius 3 is 1.63 bits per heavy atom. The van der Waals surface area contributed by atoms with Crippen LogP contribution in [0, 0.1) is 0 Å². The first-order valence-electron chi connectivity index (χ1n) is 16.0. The second-order valence-electron chi connectivity index (χ2n) is 12.9. The van der Waals surface area contributed by atoms with E-state index in [0.717, 1.165) is 11.3 Å². The van der Waals surface area contributed by atoms with Crippen molar-refractivity contribution in [1.29, 1.82) is 0 Å². The van der Waals surface area contributed by atoms with Gasteiger partial charge in [-0.25, -0.2) is 0 Å². The fourth-order valence-electron chi connectivity index (χ4n) is 7.49. The van der Waals surface area contributed by atoms with E-state index in [4.69, 9.17) is 0 Å². The van der Waals surface area contributed by atoms with Gasteiger partial charge in [-0.05, 0) is 93.0 Å². The van der Waals surface area contributed by atoms with E-state index in [2.05, 4.69) is 163 Å². The monoisotopic (exact) mass is 588 g/mol. The first-order valence-corrected chi connectivity index (χ1v) is 16.0. The van der Waals surface area contributed by atoms with Gasteiger partial charge in [0.05, 0.1) is 16.7 Å². The summed E-state index contributed by atoms with van der Waals surface area (Å²) in [6.07, 6.45) is 1.84. The molecule has 0 saturated carbocycles. The van der Waals surface area contributed by atoms with E-state index >= 15 is 0 Å². The van der Waals surface area contributed by atoms with Crippen LogP contribution in [0.1, 0.15) is 25.0 Å². The summed E-state index contributed by atoms with van der Waals surface area (Å²) in [4.78, 5) is 4.51. The maximum Gasteiger partial charge on any atom is 0.0701 e. The lowest BCUT2D eigenvalue weighted by atomic mass is 9.81. The second-order valence-corrected chi connectivity index (χ2v) is 12.9. The molecule has 0 radical (unpaired) electrons. The minimum absolute atomic E-state index is 0.116. The number of nitrogens with zero attached hydrogens (tertiary/aromatic N) is 2. The van der Waals surface area contributed by atoms with E-state index in [0.29, 0.717) is 0 Å². The van der Waals surface area contributed by atoms with Crippen LogP contribution in [0.3, 0.4) is 0 Å². The summed E-state index contributed by atoms with van der Waals surface area (Å²) >= 11 is 0. The minimum Gasteiger partial charge on any atom is -0.309 e. The van der Waals surface area contributed by atoms with E-state index in [1.165, 1.54) is 72.0 Å². The van der Waals surface area contributed by atoms with Gasteiger partial charge in [0.25, 0.3) is 0 Å². The highest BCUT2D eigenvalue weighted by Crippen LogP contribution is 2.50. The largest absolute Gasteiger partial charge is 0.309 e. The Bertz CT molecular complexity index is 2380. The highest BCUT2D eigenvalue weighted by molar-refractivity contribution is 6.09. The van der Waals surface area contributed by atoms with Crippen molar-refractivity contribution in [3.63, 3.8) is 0 Å². The number of pyridine rings is 1. The molecule has 0 fully saturated rings. The SMILES string of the molecule is CC1(C)c2cc(-c3ccc(-c4ccccn4)cc3)ccc2-c2ccc(-c3cccc(-n4c5ccccc5c5ccccc54)c3)cc21. The normalized spacial score (nSPS) is 13.2. The molecule has 8 aromatic rings. The Morgan fingerprint density at radius 1 is 0.457 bits per heavy atom. The topological polar surface area (TPSA) is 17.8 Å². The van der Waals surface area contributed by atoms with Crippen molar-refractivity contribution in [2.45, 2.75) is 19.3 Å². The van der Waals surface area contributed by atoms with Gasteiger partial charge in [-0.2, -0.15) is 0 Å². The number of aromatic nitrogens is 2. The lowest BCUT2D eigenvalue weighted by molar-refractivity contribution is 0.661. The van der Waals surface area contributed by atoms with E-state index in [9.17, 15) is 0 Å². The molecule has 0 spiro atoms. The minimum atomic E-state index is -0.116. The summed E-state index contributed by atoms with van der Waals surface area (Å²) < 4.78 is 2.39. The number of hydrogen-bond donors (Lipinski definition) is 0. The third-order valence-corrected chi connectivity index (χ3v) is 9.87. The lowest BCUT2D eigenvalue weighted by Crippen LogP contribution is -2.15. The number of fused-ring (bicyclic) bond motifs is 6. The number of para-hydroxylation sites is 2. The molecule has 1 aliphatic carbocycles. The van der Waals surface area contributed by atoms with Gasteiger partial charge < -0.3 is 4.57 Å². The van der Waals surface area contributed by atoms with E-state index in [-0.39, 0.29) is 5.41 Å². The van der Waals surface area contributed by atoms with Crippen molar-refractivity contribution in [2.75, 3.05) is 0 Å². The number of benzene rings is 6. The van der Waals surface area contributed by atoms with Crippen LogP contribution in [0.5, 0.6) is 0 Å². The zero-order valence-electron chi connectivity index (χ0n) is 25.9. The maximum absolute atomic E-state index is 4.51. The fourth-order valence-corrected chi connectivity index (χ4v) is 7.49. The maximum atomic E-state index is 4.51. The number of hydrogen-bond acceptors (Lipinski definition) is 1. The standard InChI is InChI=1S/C44H32N2/c1-44(2)39-27-32(29-17-19-30(20-18-29)41-14-7-8-25-45-41)21-23-35(39)36-24-22-33(28-40(36)44)31-10-9-11-34(26-31)46-42-15-5-3-12-37(42)38-13-4-6-16-43(38)46/h3-28H,1-2H3. The van der Waals surface area contributed by atoms with Gasteiger partial charge in [0.1, 0.15) is 0 Å². The van der Waals surface area contributed by atoms with E-state index in [1.807, 2.05) is 18.3 Å². The Balaban J connectivity index is 1.09. The molecule has 0 bridgehead atoms. The molecular weight excluding hydrogens is 556 g/mol. The summed E-state index contributed by atoms with van der Waals surface area (Å²) in [6, 6.07) is 55.2. The van der Waals surface area contributed by atoms with Gasteiger partial charge in [-0.15, -0.1) is 0 Å². The van der Waals surface area contributed by atoms with Crippen molar-refractivity contribution < 1.29 is 0 Å². The third kappa shape index (κ3) is 4.07. The summed E-state index contributed by atoms with van der Waals surface area (Å²) in [5.41, 5.74) is 16.0. The highest BCUT2D eigenvalue weighted by atomic mass is 15.0. The van der Waals surface area contributed by atoms with Gasteiger partial charge in [0.15, 0.2) is 0 Å². The van der Waals surface area contributed by atoms with Gasteiger partial charge in [-0.3, -0.25) is 4.98 Å². The Hall–Kier alpha value is -5.73. The molecule has 2 heteroatoms. The molecule has 2 nitrogen and oxygen atoms in total. The first kappa shape index (κ1) is 26.7.